The molecule has 0 spiro atoms. The number of hydrogen-bond acceptors (Lipinski definition) is 3. The minimum atomic E-state index is -0.206. The van der Waals surface area contributed by atoms with Crippen LogP contribution in [0.4, 0.5) is 0 Å². The third kappa shape index (κ3) is 21.8. The number of aldehydes is 1. The molecule has 0 rings (SSSR count). The summed E-state index contributed by atoms with van der Waals surface area (Å²) in [5.41, 5.74) is 0. The van der Waals surface area contributed by atoms with Gasteiger partial charge in [-0.15, -0.1) is 0 Å². The van der Waals surface area contributed by atoms with Gasteiger partial charge in [0, 0.05) is 12.8 Å². The minimum Gasteiger partial charge on any atom is -0.462 e. The number of rotatable bonds is 24. The van der Waals surface area contributed by atoms with Gasteiger partial charge in [0.05, 0.1) is 0 Å². The van der Waals surface area contributed by atoms with E-state index in [2.05, 4.69) is 13.8 Å². The molecule has 3 nitrogen and oxygen atoms in total. The van der Waals surface area contributed by atoms with Crippen LogP contribution in [0.1, 0.15) is 155 Å². The van der Waals surface area contributed by atoms with Gasteiger partial charge in [-0.05, 0) is 19.3 Å². The van der Waals surface area contributed by atoms with Gasteiger partial charge in [-0.3, -0.25) is 4.79 Å². The first-order chi connectivity index (χ1) is 14.7. The van der Waals surface area contributed by atoms with Crippen molar-refractivity contribution in [3.05, 3.63) is 0 Å². The van der Waals surface area contributed by atoms with Gasteiger partial charge in [0.25, 0.3) is 0 Å². The lowest BCUT2D eigenvalue weighted by atomic mass is 10.0. The number of hydrogen-bond donors (Lipinski definition) is 0. The van der Waals surface area contributed by atoms with Crippen LogP contribution in [0.2, 0.25) is 0 Å². The molecular formula is C27H52O3. The van der Waals surface area contributed by atoms with E-state index < -0.39 is 0 Å². The Hall–Kier alpha value is -0.860. The highest BCUT2D eigenvalue weighted by Crippen LogP contribution is 2.15. The van der Waals surface area contributed by atoms with Gasteiger partial charge < -0.3 is 9.53 Å². The van der Waals surface area contributed by atoms with E-state index >= 15 is 0 Å². The Balaban J connectivity index is 3.60. The molecule has 0 saturated heterocycles. The minimum absolute atomic E-state index is 0.114. The first-order valence-electron chi connectivity index (χ1n) is 13.4. The highest BCUT2D eigenvalue weighted by Gasteiger charge is 2.13. The monoisotopic (exact) mass is 424 g/mol. The summed E-state index contributed by atoms with van der Waals surface area (Å²) in [6.07, 6.45) is 26.5. The van der Waals surface area contributed by atoms with Gasteiger partial charge >= 0.3 is 5.97 Å². The highest BCUT2D eigenvalue weighted by molar-refractivity contribution is 5.69. The second kappa shape index (κ2) is 24.4. The Morgan fingerprint density at radius 1 is 0.633 bits per heavy atom. The van der Waals surface area contributed by atoms with Crippen LogP contribution in [-0.4, -0.2) is 18.4 Å². The van der Waals surface area contributed by atoms with Crippen molar-refractivity contribution in [2.75, 3.05) is 0 Å². The van der Waals surface area contributed by atoms with Gasteiger partial charge in [-0.2, -0.15) is 0 Å². The number of ether oxygens (including phenoxy) is 1. The van der Waals surface area contributed by atoms with E-state index in [0.717, 1.165) is 32.0 Å². The fraction of sp³-hybridized carbons (Fsp3) is 0.926. The Morgan fingerprint density at radius 2 is 1.03 bits per heavy atom. The number of carbonyl (C=O) groups is 2. The normalized spacial score (nSPS) is 12.1. The van der Waals surface area contributed by atoms with Gasteiger partial charge in [-0.1, -0.05) is 123 Å². The van der Waals surface area contributed by atoms with E-state index in [1.165, 1.54) is 103 Å². The predicted molar refractivity (Wildman–Crippen MR) is 129 cm³/mol. The van der Waals surface area contributed by atoms with Crippen LogP contribution >= 0.6 is 0 Å². The van der Waals surface area contributed by atoms with Crippen molar-refractivity contribution in [1.29, 1.82) is 0 Å². The van der Waals surface area contributed by atoms with Crippen LogP contribution < -0.4 is 0 Å². The summed E-state index contributed by atoms with van der Waals surface area (Å²) in [6.45, 7) is 4.50. The summed E-state index contributed by atoms with van der Waals surface area (Å²) in [5, 5.41) is 0. The molecule has 0 radical (unpaired) electrons. The SMILES string of the molecule is CCCCCCCCCCCCC(CC=O)OC(=O)CCCCCCCCCCC. The molecule has 0 amide bonds. The maximum Gasteiger partial charge on any atom is 0.306 e. The lowest BCUT2D eigenvalue weighted by molar-refractivity contribution is -0.150. The van der Waals surface area contributed by atoms with Crippen molar-refractivity contribution in [2.24, 2.45) is 0 Å². The molecule has 0 saturated carbocycles. The Bertz CT molecular complexity index is 367. The lowest BCUT2D eigenvalue weighted by Gasteiger charge is -2.15. The van der Waals surface area contributed by atoms with Crippen LogP contribution in [0.5, 0.6) is 0 Å². The predicted octanol–water partition coefficient (Wildman–Crippen LogP) is 8.72. The Labute approximate surface area is 188 Å². The molecule has 30 heavy (non-hydrogen) atoms. The average molecular weight is 425 g/mol. The lowest BCUT2D eigenvalue weighted by Crippen LogP contribution is -2.18. The van der Waals surface area contributed by atoms with Crippen molar-refractivity contribution in [2.45, 2.75) is 161 Å². The Morgan fingerprint density at radius 3 is 1.47 bits per heavy atom. The second-order valence-corrected chi connectivity index (χ2v) is 9.06. The first-order valence-corrected chi connectivity index (χ1v) is 13.4. The van der Waals surface area contributed by atoms with Crippen LogP contribution in [0.15, 0.2) is 0 Å². The van der Waals surface area contributed by atoms with Gasteiger partial charge in [0.1, 0.15) is 12.4 Å². The molecule has 3 heteroatoms. The van der Waals surface area contributed by atoms with Gasteiger partial charge in [0.2, 0.25) is 0 Å². The number of unbranched alkanes of at least 4 members (excludes halogenated alkanes) is 17. The number of carbonyl (C=O) groups excluding carboxylic acids is 2. The van der Waals surface area contributed by atoms with Crippen LogP contribution in [-0.2, 0) is 14.3 Å². The molecule has 0 aliphatic carbocycles. The quantitative estimate of drug-likeness (QED) is 0.0883. The third-order valence-electron chi connectivity index (χ3n) is 6.02. The summed E-state index contributed by atoms with van der Waals surface area (Å²) >= 11 is 0. The molecule has 0 bridgehead atoms. The third-order valence-corrected chi connectivity index (χ3v) is 6.02. The molecule has 178 valence electrons. The van der Waals surface area contributed by atoms with Crippen molar-refractivity contribution in [3.63, 3.8) is 0 Å². The van der Waals surface area contributed by atoms with E-state index in [4.69, 9.17) is 4.74 Å². The van der Waals surface area contributed by atoms with Crippen molar-refractivity contribution in [1.82, 2.24) is 0 Å². The maximum absolute atomic E-state index is 12.1. The fourth-order valence-corrected chi connectivity index (χ4v) is 4.02. The zero-order valence-corrected chi connectivity index (χ0v) is 20.4. The van der Waals surface area contributed by atoms with E-state index in [-0.39, 0.29) is 12.1 Å². The van der Waals surface area contributed by atoms with E-state index in [9.17, 15) is 9.59 Å². The molecule has 0 aliphatic rings. The van der Waals surface area contributed by atoms with Crippen molar-refractivity contribution >= 4 is 12.3 Å². The Kier molecular flexibility index (Phi) is 23.7. The largest absolute Gasteiger partial charge is 0.462 e. The fourth-order valence-electron chi connectivity index (χ4n) is 4.02. The molecule has 1 atom stereocenters. The van der Waals surface area contributed by atoms with Crippen LogP contribution in [0.25, 0.3) is 0 Å². The summed E-state index contributed by atoms with van der Waals surface area (Å²) in [4.78, 5) is 23.0. The van der Waals surface area contributed by atoms with Gasteiger partial charge in [-0.25, -0.2) is 0 Å². The van der Waals surface area contributed by atoms with Crippen molar-refractivity contribution < 1.29 is 14.3 Å². The molecule has 0 aromatic heterocycles. The maximum atomic E-state index is 12.1. The van der Waals surface area contributed by atoms with Crippen LogP contribution in [0.3, 0.4) is 0 Å². The topological polar surface area (TPSA) is 43.4 Å². The standard InChI is InChI=1S/C27H52O3/c1-3-5-7-9-11-13-15-16-18-20-22-26(24-25-28)30-27(29)23-21-19-17-14-12-10-8-6-4-2/h25-26H,3-24H2,1-2H3. The molecule has 0 fully saturated rings. The molecule has 1 unspecified atom stereocenters. The molecule has 0 aromatic carbocycles. The zero-order chi connectivity index (χ0) is 22.1. The number of esters is 1. The van der Waals surface area contributed by atoms with Crippen molar-refractivity contribution in [3.8, 4) is 0 Å². The summed E-state index contributed by atoms with van der Waals surface area (Å²) in [6, 6.07) is 0. The van der Waals surface area contributed by atoms with Gasteiger partial charge in [0.15, 0.2) is 0 Å². The zero-order valence-electron chi connectivity index (χ0n) is 20.4. The molecule has 0 N–H and O–H groups in total. The summed E-state index contributed by atoms with van der Waals surface area (Å²) in [7, 11) is 0. The molecule has 0 aliphatic heterocycles. The summed E-state index contributed by atoms with van der Waals surface area (Å²) < 4.78 is 5.58. The van der Waals surface area contributed by atoms with E-state index in [1.807, 2.05) is 0 Å². The molecule has 0 aromatic rings. The second-order valence-electron chi connectivity index (χ2n) is 9.06. The molecular weight excluding hydrogens is 372 g/mol. The van der Waals surface area contributed by atoms with Crippen LogP contribution in [0, 0.1) is 0 Å². The first kappa shape index (κ1) is 29.1. The molecule has 0 heterocycles. The van der Waals surface area contributed by atoms with E-state index in [1.54, 1.807) is 0 Å². The highest BCUT2D eigenvalue weighted by atomic mass is 16.5. The smallest absolute Gasteiger partial charge is 0.306 e. The summed E-state index contributed by atoms with van der Waals surface area (Å²) in [5.74, 6) is -0.114. The van der Waals surface area contributed by atoms with E-state index in [0.29, 0.717) is 12.8 Å². The average Bonchev–Trinajstić information content (AvgIpc) is 2.74.